The van der Waals surface area contributed by atoms with Crippen LogP contribution in [0, 0.1) is 0 Å². The Morgan fingerprint density at radius 1 is 1.10 bits per heavy atom. The van der Waals surface area contributed by atoms with Gasteiger partial charge in [0.1, 0.15) is 0 Å². The first-order valence-corrected chi connectivity index (χ1v) is 9.27. The van der Waals surface area contributed by atoms with Crippen molar-refractivity contribution in [2.24, 2.45) is 0 Å². The minimum atomic E-state index is -3.38. The van der Waals surface area contributed by atoms with Crippen molar-refractivity contribution in [3.8, 4) is 0 Å². The normalized spacial score (nSPS) is 24.7. The molecule has 4 heteroatoms. The molecule has 1 fully saturated rings. The van der Waals surface area contributed by atoms with Crippen molar-refractivity contribution >= 4 is 14.9 Å². The largest absolute Gasteiger partial charge is 0.244 e. The highest BCUT2D eigenvalue weighted by atomic mass is 32.2. The highest BCUT2D eigenvalue weighted by Crippen LogP contribution is 2.51. The van der Waals surface area contributed by atoms with Crippen molar-refractivity contribution in [2.75, 3.05) is 6.54 Å². The Morgan fingerprint density at radius 3 is 2.29 bits per heavy atom. The van der Waals surface area contributed by atoms with Gasteiger partial charge in [-0.15, -0.1) is 0 Å². The third kappa shape index (κ3) is 2.08. The van der Waals surface area contributed by atoms with Gasteiger partial charge in [-0.05, 0) is 30.9 Å². The van der Waals surface area contributed by atoms with E-state index >= 15 is 0 Å². The molecule has 0 atom stereocenters. The van der Waals surface area contributed by atoms with Crippen LogP contribution in [0.4, 0.5) is 0 Å². The first-order chi connectivity index (χ1) is 10.0. The number of hydrogen-bond acceptors (Lipinski definition) is 2. The molecule has 0 saturated heterocycles. The van der Waals surface area contributed by atoms with Gasteiger partial charge in [0.15, 0.2) is 0 Å². The fraction of sp³-hybridized carbons (Fsp3) is 0.529. The summed E-state index contributed by atoms with van der Waals surface area (Å²) in [5.41, 5.74) is 1.61. The monoisotopic (exact) mass is 305 g/mol. The van der Waals surface area contributed by atoms with Crippen molar-refractivity contribution in [3.05, 3.63) is 41.5 Å². The van der Waals surface area contributed by atoms with E-state index in [9.17, 15) is 8.42 Å². The lowest BCUT2D eigenvalue weighted by atomic mass is 9.76. The molecule has 1 heterocycles. The number of rotatable bonds is 2. The molecule has 0 amide bonds. The average Bonchev–Trinajstić information content (AvgIpc) is 2.64. The lowest BCUT2D eigenvalue weighted by Gasteiger charge is -2.41. The van der Waals surface area contributed by atoms with Crippen LogP contribution in [0.15, 0.2) is 35.9 Å². The van der Waals surface area contributed by atoms with E-state index in [1.165, 1.54) is 6.42 Å². The maximum atomic E-state index is 13.1. The molecule has 1 aliphatic heterocycles. The summed E-state index contributed by atoms with van der Waals surface area (Å²) in [6, 6.07) is 9.56. The molecule has 0 bridgehead atoms. The topological polar surface area (TPSA) is 37.4 Å². The Morgan fingerprint density at radius 2 is 1.71 bits per heavy atom. The van der Waals surface area contributed by atoms with E-state index in [0.717, 1.165) is 36.8 Å². The van der Waals surface area contributed by atoms with Gasteiger partial charge >= 0.3 is 0 Å². The Bertz CT molecular complexity index is 655. The van der Waals surface area contributed by atoms with Gasteiger partial charge in [-0.1, -0.05) is 56.5 Å². The molecule has 0 radical (unpaired) electrons. The van der Waals surface area contributed by atoms with Crippen LogP contribution in [0.25, 0.3) is 4.91 Å². The Balaban J connectivity index is 2.21. The predicted molar refractivity (Wildman–Crippen MR) is 86.2 cm³/mol. The van der Waals surface area contributed by atoms with Crippen LogP contribution in [-0.4, -0.2) is 24.8 Å². The highest BCUT2D eigenvalue weighted by Gasteiger charge is 2.53. The van der Waals surface area contributed by atoms with Crippen LogP contribution in [0.2, 0.25) is 0 Å². The van der Waals surface area contributed by atoms with Gasteiger partial charge in [0.05, 0.1) is 10.4 Å². The Hall–Kier alpha value is -1.13. The van der Waals surface area contributed by atoms with Crippen LogP contribution in [0.3, 0.4) is 0 Å². The summed E-state index contributed by atoms with van der Waals surface area (Å²) in [6.45, 7) is 4.53. The van der Waals surface area contributed by atoms with Crippen molar-refractivity contribution < 1.29 is 8.42 Å². The van der Waals surface area contributed by atoms with Crippen LogP contribution < -0.4 is 0 Å². The van der Waals surface area contributed by atoms with Crippen molar-refractivity contribution in [2.45, 2.75) is 51.5 Å². The third-order valence-electron chi connectivity index (χ3n) is 5.07. The fourth-order valence-electron chi connectivity index (χ4n) is 4.12. The predicted octanol–water partition coefficient (Wildman–Crippen LogP) is 3.79. The number of sulfonamides is 1. The second-order valence-corrected chi connectivity index (χ2v) is 7.88. The molecule has 1 spiro atoms. The van der Waals surface area contributed by atoms with Crippen molar-refractivity contribution in [3.63, 3.8) is 0 Å². The Labute approximate surface area is 127 Å². The van der Waals surface area contributed by atoms with Gasteiger partial charge < -0.3 is 0 Å². The molecular weight excluding hydrogens is 282 g/mol. The average molecular weight is 305 g/mol. The van der Waals surface area contributed by atoms with Crippen molar-refractivity contribution in [1.82, 2.24) is 4.31 Å². The first kappa shape index (κ1) is 14.8. The molecule has 21 heavy (non-hydrogen) atoms. The molecule has 1 saturated carbocycles. The summed E-state index contributed by atoms with van der Waals surface area (Å²) >= 11 is 0. The van der Waals surface area contributed by atoms with Gasteiger partial charge in [0, 0.05) is 6.54 Å². The molecule has 2 aliphatic rings. The summed E-state index contributed by atoms with van der Waals surface area (Å²) in [6.07, 6.45) is 5.37. The summed E-state index contributed by atoms with van der Waals surface area (Å²) < 4.78 is 27.9. The quantitative estimate of drug-likeness (QED) is 0.833. The van der Waals surface area contributed by atoms with E-state index in [0.29, 0.717) is 11.4 Å². The van der Waals surface area contributed by atoms with E-state index in [1.54, 1.807) is 4.31 Å². The molecule has 0 unspecified atom stereocenters. The zero-order valence-corrected chi connectivity index (χ0v) is 13.6. The number of likely N-dealkylation sites (N-methyl/N-ethyl adjacent to an activating group) is 1. The molecule has 3 rings (SSSR count). The van der Waals surface area contributed by atoms with Crippen molar-refractivity contribution in [1.29, 1.82) is 0 Å². The summed E-state index contributed by atoms with van der Waals surface area (Å²) in [5, 5.41) is 0. The van der Waals surface area contributed by atoms with Gasteiger partial charge in [-0.3, -0.25) is 0 Å². The van der Waals surface area contributed by atoms with E-state index in [-0.39, 0.29) is 5.54 Å². The number of hydrogen-bond donors (Lipinski definition) is 0. The van der Waals surface area contributed by atoms with Crippen LogP contribution in [0.5, 0.6) is 0 Å². The standard InChI is InChI=1S/C17H23NO2S/c1-3-18-17(12-8-5-9-13-17)14(2)16(21(18,19)20)15-10-6-4-7-11-15/h4,6-7,10-11H,3,5,8-9,12-13H2,1-2H3. The molecular formula is C17H23NO2S. The molecule has 1 aromatic rings. The molecule has 0 N–H and O–H groups in total. The van der Waals surface area contributed by atoms with E-state index < -0.39 is 10.0 Å². The summed E-state index contributed by atoms with van der Waals surface area (Å²) in [5.74, 6) is 0. The SMILES string of the molecule is CCN1C2(CCCCC2)C(C)=C(c2ccccc2)S1(=O)=O. The van der Waals surface area contributed by atoms with E-state index in [2.05, 4.69) is 0 Å². The van der Waals surface area contributed by atoms with Gasteiger partial charge in [-0.2, -0.15) is 4.31 Å². The molecule has 1 aliphatic carbocycles. The highest BCUT2D eigenvalue weighted by molar-refractivity contribution is 7.98. The fourth-order valence-corrected chi connectivity index (χ4v) is 6.47. The van der Waals surface area contributed by atoms with E-state index in [4.69, 9.17) is 0 Å². The maximum Gasteiger partial charge on any atom is 0.244 e. The van der Waals surface area contributed by atoms with Gasteiger partial charge in [0.2, 0.25) is 10.0 Å². The first-order valence-electron chi connectivity index (χ1n) is 7.83. The van der Waals surface area contributed by atoms with Crippen LogP contribution >= 0.6 is 0 Å². The minimum absolute atomic E-state index is 0.267. The van der Waals surface area contributed by atoms with Crippen LogP contribution in [-0.2, 0) is 10.0 Å². The smallest absolute Gasteiger partial charge is 0.207 e. The van der Waals surface area contributed by atoms with E-state index in [1.807, 2.05) is 44.2 Å². The maximum absolute atomic E-state index is 13.1. The van der Waals surface area contributed by atoms with Gasteiger partial charge in [0.25, 0.3) is 0 Å². The molecule has 3 nitrogen and oxygen atoms in total. The van der Waals surface area contributed by atoms with Crippen LogP contribution in [0.1, 0.15) is 51.5 Å². The number of nitrogens with zero attached hydrogens (tertiary/aromatic N) is 1. The van der Waals surface area contributed by atoms with Gasteiger partial charge in [-0.25, -0.2) is 8.42 Å². The third-order valence-corrected chi connectivity index (χ3v) is 7.31. The Kier molecular flexibility index (Phi) is 3.70. The summed E-state index contributed by atoms with van der Waals surface area (Å²) in [4.78, 5) is 0.548. The lowest BCUT2D eigenvalue weighted by molar-refractivity contribution is 0.180. The summed E-state index contributed by atoms with van der Waals surface area (Å²) in [7, 11) is -3.38. The zero-order chi connectivity index (χ0) is 15.1. The second kappa shape index (κ2) is 5.25. The number of benzene rings is 1. The molecule has 114 valence electrons. The molecule has 0 aromatic heterocycles. The second-order valence-electron chi connectivity index (χ2n) is 6.08. The minimum Gasteiger partial charge on any atom is -0.207 e. The lowest BCUT2D eigenvalue weighted by Crippen LogP contribution is -2.48. The zero-order valence-electron chi connectivity index (χ0n) is 12.8. The molecule has 1 aromatic carbocycles.